The van der Waals surface area contributed by atoms with E-state index in [1.807, 2.05) is 12.1 Å². The van der Waals surface area contributed by atoms with E-state index in [1.165, 1.54) is 34.1 Å². The van der Waals surface area contributed by atoms with Gasteiger partial charge in [-0.2, -0.15) is 0 Å². The molecule has 164 valence electrons. The predicted molar refractivity (Wildman–Crippen MR) is 126 cm³/mol. The first-order chi connectivity index (χ1) is 15.2. The van der Waals surface area contributed by atoms with E-state index < -0.39 is 6.10 Å². The monoisotopic (exact) mass is 484 g/mol. The van der Waals surface area contributed by atoms with Crippen LogP contribution in [-0.2, 0) is 11.2 Å². The lowest BCUT2D eigenvalue weighted by atomic mass is 9.82. The number of ether oxygens (including phenoxy) is 2. The first-order valence-electron chi connectivity index (χ1n) is 11.2. The molecule has 6 heteroatoms. The van der Waals surface area contributed by atoms with Gasteiger partial charge in [0.2, 0.25) is 0 Å². The van der Waals surface area contributed by atoms with Gasteiger partial charge in [0, 0.05) is 46.6 Å². The Labute approximate surface area is 191 Å². The van der Waals surface area contributed by atoms with Gasteiger partial charge < -0.3 is 19.6 Å². The lowest BCUT2D eigenvalue weighted by molar-refractivity contribution is 0.00465. The number of nitrogens with zero attached hydrogens (tertiary/aromatic N) is 1. The van der Waals surface area contributed by atoms with Crippen molar-refractivity contribution >= 4 is 26.8 Å². The fourth-order valence-corrected chi connectivity index (χ4v) is 5.25. The van der Waals surface area contributed by atoms with Gasteiger partial charge in [0.1, 0.15) is 18.5 Å². The zero-order chi connectivity index (χ0) is 21.2. The molecule has 1 fully saturated rings. The molecule has 2 atom stereocenters. The van der Waals surface area contributed by atoms with E-state index in [0.717, 1.165) is 49.4 Å². The largest absolute Gasteiger partial charge is 0.491 e. The summed E-state index contributed by atoms with van der Waals surface area (Å²) in [7, 11) is 0. The minimum atomic E-state index is -0.496. The highest BCUT2D eigenvalue weighted by Crippen LogP contribution is 2.40. The zero-order valence-corrected chi connectivity index (χ0v) is 19.2. The highest BCUT2D eigenvalue weighted by atomic mass is 79.9. The number of aliphatic hydroxyl groups is 1. The maximum absolute atomic E-state index is 10.3. The van der Waals surface area contributed by atoms with Crippen LogP contribution in [0.25, 0.3) is 10.9 Å². The molecule has 2 heterocycles. The Morgan fingerprint density at radius 3 is 2.77 bits per heavy atom. The first-order valence-corrected chi connectivity index (χ1v) is 12.0. The number of aliphatic hydroxyl groups excluding tert-OH is 1. The van der Waals surface area contributed by atoms with Crippen LogP contribution in [0.3, 0.4) is 0 Å². The molecule has 2 aromatic carbocycles. The van der Waals surface area contributed by atoms with Crippen LogP contribution in [0.5, 0.6) is 5.75 Å². The number of β-amino-alcohol motifs (C(OH)–C–C–N with tert-alkyl or cyclic N) is 1. The van der Waals surface area contributed by atoms with Gasteiger partial charge in [-0.25, -0.2) is 0 Å². The standard InChI is InChI=1S/C25H29BrN2O3/c26-18-6-9-24-23(14-18)22-3-1-2-21(25(22)27-24)17-4-7-20(8-5-17)31-16-19(29)15-28-10-12-30-13-11-28/h4-9,14,19,21,27,29H,1-3,10-13,15-16H2. The number of benzene rings is 2. The molecule has 1 saturated heterocycles. The van der Waals surface area contributed by atoms with Crippen LogP contribution in [-0.4, -0.2) is 60.5 Å². The lowest BCUT2D eigenvalue weighted by Crippen LogP contribution is -2.42. The molecule has 1 aliphatic carbocycles. The van der Waals surface area contributed by atoms with Crippen molar-refractivity contribution in [1.82, 2.24) is 9.88 Å². The Hall–Kier alpha value is -1.86. The second-order valence-corrected chi connectivity index (χ2v) is 9.51. The number of aromatic amines is 1. The Bertz CT molecular complexity index is 1030. The van der Waals surface area contributed by atoms with Crippen molar-refractivity contribution in [2.45, 2.75) is 31.3 Å². The minimum Gasteiger partial charge on any atom is -0.491 e. The van der Waals surface area contributed by atoms with E-state index in [0.29, 0.717) is 19.1 Å². The molecular formula is C25H29BrN2O3. The molecule has 1 aliphatic heterocycles. The fourth-order valence-electron chi connectivity index (χ4n) is 4.89. The Kier molecular flexibility index (Phi) is 6.32. The van der Waals surface area contributed by atoms with Crippen LogP contribution >= 0.6 is 15.9 Å². The average Bonchev–Trinajstić information content (AvgIpc) is 3.17. The number of morpholine rings is 1. The van der Waals surface area contributed by atoms with Gasteiger partial charge in [-0.1, -0.05) is 28.1 Å². The van der Waals surface area contributed by atoms with Crippen molar-refractivity contribution in [3.05, 3.63) is 63.8 Å². The molecule has 0 amide bonds. The summed E-state index contributed by atoms with van der Waals surface area (Å²) in [6.45, 7) is 4.17. The van der Waals surface area contributed by atoms with Crippen LogP contribution in [0.4, 0.5) is 0 Å². The molecule has 0 bridgehead atoms. The summed E-state index contributed by atoms with van der Waals surface area (Å²) in [5, 5.41) is 11.6. The van der Waals surface area contributed by atoms with Gasteiger partial charge in [0.05, 0.1) is 13.2 Å². The fraction of sp³-hybridized carbons (Fsp3) is 0.440. The first kappa shape index (κ1) is 21.0. The van der Waals surface area contributed by atoms with Crippen molar-refractivity contribution in [2.24, 2.45) is 0 Å². The van der Waals surface area contributed by atoms with E-state index in [-0.39, 0.29) is 0 Å². The van der Waals surface area contributed by atoms with Gasteiger partial charge in [-0.3, -0.25) is 4.90 Å². The normalized spacial score (nSPS) is 20.5. The van der Waals surface area contributed by atoms with Crippen LogP contribution in [0.1, 0.15) is 35.6 Å². The molecule has 3 aromatic rings. The van der Waals surface area contributed by atoms with E-state index in [4.69, 9.17) is 9.47 Å². The van der Waals surface area contributed by atoms with Crippen LogP contribution < -0.4 is 4.74 Å². The van der Waals surface area contributed by atoms with Gasteiger partial charge in [-0.05, 0) is 60.7 Å². The lowest BCUT2D eigenvalue weighted by Gasteiger charge is -2.28. The zero-order valence-electron chi connectivity index (χ0n) is 17.6. The molecular weight excluding hydrogens is 456 g/mol. The quantitative estimate of drug-likeness (QED) is 0.541. The maximum atomic E-state index is 10.3. The molecule has 1 aromatic heterocycles. The van der Waals surface area contributed by atoms with Crippen molar-refractivity contribution in [1.29, 1.82) is 0 Å². The minimum absolute atomic E-state index is 0.307. The molecule has 31 heavy (non-hydrogen) atoms. The summed E-state index contributed by atoms with van der Waals surface area (Å²) < 4.78 is 12.3. The summed E-state index contributed by atoms with van der Waals surface area (Å²) in [6.07, 6.45) is 2.98. The van der Waals surface area contributed by atoms with E-state index >= 15 is 0 Å². The molecule has 5 nitrogen and oxygen atoms in total. The number of halogens is 1. The Balaban J connectivity index is 1.25. The Morgan fingerprint density at radius 1 is 1.16 bits per heavy atom. The van der Waals surface area contributed by atoms with Crippen molar-refractivity contribution in [2.75, 3.05) is 39.5 Å². The summed E-state index contributed by atoms with van der Waals surface area (Å²) >= 11 is 3.61. The summed E-state index contributed by atoms with van der Waals surface area (Å²) in [5.41, 5.74) is 5.34. The van der Waals surface area contributed by atoms with Crippen molar-refractivity contribution in [3.63, 3.8) is 0 Å². The molecule has 0 saturated carbocycles. The smallest absolute Gasteiger partial charge is 0.119 e. The number of hydrogen-bond donors (Lipinski definition) is 2. The number of aryl methyl sites for hydroxylation is 1. The number of hydrogen-bond acceptors (Lipinski definition) is 4. The third-order valence-electron chi connectivity index (χ3n) is 6.47. The molecule has 5 rings (SSSR count). The van der Waals surface area contributed by atoms with Crippen LogP contribution in [0.2, 0.25) is 0 Å². The van der Waals surface area contributed by atoms with Crippen molar-refractivity contribution < 1.29 is 14.6 Å². The topological polar surface area (TPSA) is 57.7 Å². The molecule has 2 aliphatic rings. The van der Waals surface area contributed by atoms with Gasteiger partial charge >= 0.3 is 0 Å². The highest BCUT2D eigenvalue weighted by Gasteiger charge is 2.25. The Morgan fingerprint density at radius 2 is 1.97 bits per heavy atom. The second-order valence-electron chi connectivity index (χ2n) is 8.60. The number of H-pyrrole nitrogens is 1. The number of rotatable bonds is 6. The van der Waals surface area contributed by atoms with E-state index in [1.54, 1.807) is 0 Å². The van der Waals surface area contributed by atoms with Crippen LogP contribution in [0.15, 0.2) is 46.9 Å². The third kappa shape index (κ3) is 4.67. The number of fused-ring (bicyclic) bond motifs is 3. The maximum Gasteiger partial charge on any atom is 0.119 e. The van der Waals surface area contributed by atoms with Gasteiger partial charge in [0.25, 0.3) is 0 Å². The SMILES string of the molecule is OC(COc1ccc(C2CCCc3c2[nH]c2ccc(Br)cc32)cc1)CN1CCOCC1. The van der Waals surface area contributed by atoms with E-state index in [2.05, 4.69) is 56.1 Å². The third-order valence-corrected chi connectivity index (χ3v) is 6.96. The second kappa shape index (κ2) is 9.33. The summed E-state index contributed by atoms with van der Waals surface area (Å²) in [5.74, 6) is 1.19. The predicted octanol–water partition coefficient (Wildman–Crippen LogP) is 4.47. The highest BCUT2D eigenvalue weighted by molar-refractivity contribution is 9.10. The molecule has 0 radical (unpaired) electrons. The molecule has 2 unspecified atom stereocenters. The summed E-state index contributed by atoms with van der Waals surface area (Å²) in [4.78, 5) is 5.91. The van der Waals surface area contributed by atoms with Gasteiger partial charge in [0.15, 0.2) is 0 Å². The average molecular weight is 485 g/mol. The van der Waals surface area contributed by atoms with E-state index in [9.17, 15) is 5.11 Å². The molecule has 2 N–H and O–H groups in total. The van der Waals surface area contributed by atoms with Crippen LogP contribution in [0, 0.1) is 0 Å². The summed E-state index contributed by atoms with van der Waals surface area (Å²) in [6, 6.07) is 14.9. The van der Waals surface area contributed by atoms with Crippen molar-refractivity contribution in [3.8, 4) is 5.75 Å². The van der Waals surface area contributed by atoms with Gasteiger partial charge in [-0.15, -0.1) is 0 Å². The molecule has 0 spiro atoms. The number of aromatic nitrogens is 1. The number of nitrogens with one attached hydrogen (secondary N) is 1.